The average Bonchev–Trinajstić information content (AvgIpc) is 3.48. The third kappa shape index (κ3) is 5.93. The molecule has 0 spiro atoms. The fourth-order valence-corrected chi connectivity index (χ4v) is 4.56. The van der Waals surface area contributed by atoms with Crippen molar-refractivity contribution in [3.8, 4) is 17.2 Å². The van der Waals surface area contributed by atoms with Crippen molar-refractivity contribution in [3.05, 3.63) is 101 Å². The van der Waals surface area contributed by atoms with Crippen LogP contribution in [0.3, 0.4) is 0 Å². The number of ether oxygens (including phenoxy) is 1. The molecule has 0 radical (unpaired) electrons. The molecule has 0 aliphatic rings. The molecule has 2 heterocycles. The van der Waals surface area contributed by atoms with Crippen LogP contribution in [0.2, 0.25) is 0 Å². The first-order valence-electron chi connectivity index (χ1n) is 13.1. The Labute approximate surface area is 228 Å². The normalized spacial score (nSPS) is 11.7. The molecular formula is C32H33FN4O2. The van der Waals surface area contributed by atoms with Crippen LogP contribution in [0, 0.1) is 12.7 Å². The SMILES string of the molecule is Cc1ccc(-n2nc(C(C)(C)C)cc2CC(=O)CCc2cc(F)ccc2Oc2ccc3c(cnn3C)c2)cc1. The summed E-state index contributed by atoms with van der Waals surface area (Å²) in [4.78, 5) is 13.2. The van der Waals surface area contributed by atoms with E-state index < -0.39 is 0 Å². The van der Waals surface area contributed by atoms with E-state index in [1.54, 1.807) is 16.9 Å². The van der Waals surface area contributed by atoms with Crippen LogP contribution < -0.4 is 4.74 Å². The number of carbonyl (C=O) groups excluding carboxylic acids is 1. The number of Topliss-reactive ketones (excluding diaryl/α,β-unsaturated/α-hetero) is 1. The van der Waals surface area contributed by atoms with Gasteiger partial charge < -0.3 is 4.74 Å². The molecular weight excluding hydrogens is 491 g/mol. The Morgan fingerprint density at radius 2 is 1.77 bits per heavy atom. The summed E-state index contributed by atoms with van der Waals surface area (Å²) in [6, 6.07) is 20.3. The van der Waals surface area contributed by atoms with Gasteiger partial charge in [0.2, 0.25) is 0 Å². The number of halogens is 1. The molecule has 3 aromatic carbocycles. The minimum absolute atomic E-state index is 0.0516. The number of aromatic nitrogens is 4. The van der Waals surface area contributed by atoms with E-state index in [-0.39, 0.29) is 29.9 Å². The Morgan fingerprint density at radius 3 is 2.51 bits per heavy atom. The van der Waals surface area contributed by atoms with Gasteiger partial charge in [-0.15, -0.1) is 0 Å². The molecule has 2 aromatic heterocycles. The monoisotopic (exact) mass is 524 g/mol. The van der Waals surface area contributed by atoms with Crippen molar-refractivity contribution in [1.82, 2.24) is 19.6 Å². The first-order chi connectivity index (χ1) is 18.6. The first-order valence-corrected chi connectivity index (χ1v) is 13.1. The Kier molecular flexibility index (Phi) is 7.08. The van der Waals surface area contributed by atoms with Crippen LogP contribution in [0.4, 0.5) is 4.39 Å². The van der Waals surface area contributed by atoms with Crippen molar-refractivity contribution in [2.24, 2.45) is 7.05 Å². The minimum atomic E-state index is -0.361. The van der Waals surface area contributed by atoms with Crippen molar-refractivity contribution in [1.29, 1.82) is 0 Å². The molecule has 200 valence electrons. The number of hydrogen-bond acceptors (Lipinski definition) is 4. The summed E-state index contributed by atoms with van der Waals surface area (Å²) in [6.45, 7) is 8.37. The molecule has 0 aliphatic heterocycles. The summed E-state index contributed by atoms with van der Waals surface area (Å²) in [5.41, 5.74) is 5.34. The maximum atomic E-state index is 14.2. The second kappa shape index (κ2) is 10.5. The molecule has 0 atom stereocenters. The van der Waals surface area contributed by atoms with Crippen molar-refractivity contribution >= 4 is 16.7 Å². The summed E-state index contributed by atoms with van der Waals surface area (Å²) >= 11 is 0. The highest BCUT2D eigenvalue weighted by Gasteiger charge is 2.22. The lowest BCUT2D eigenvalue weighted by molar-refractivity contribution is -0.118. The van der Waals surface area contributed by atoms with Gasteiger partial charge in [0.25, 0.3) is 0 Å². The Bertz CT molecular complexity index is 1640. The molecule has 5 aromatic rings. The predicted octanol–water partition coefficient (Wildman–Crippen LogP) is 7.04. The molecule has 0 unspecified atom stereocenters. The van der Waals surface area contributed by atoms with Gasteiger partial charge in [-0.2, -0.15) is 10.2 Å². The fraction of sp³-hybridized carbons (Fsp3) is 0.281. The quantitative estimate of drug-likeness (QED) is 0.218. The topological polar surface area (TPSA) is 61.9 Å². The highest BCUT2D eigenvalue weighted by Crippen LogP contribution is 2.30. The van der Waals surface area contributed by atoms with Crippen LogP contribution in [0.25, 0.3) is 16.6 Å². The second-order valence-electron chi connectivity index (χ2n) is 11.1. The molecule has 39 heavy (non-hydrogen) atoms. The van der Waals surface area contributed by atoms with Crippen molar-refractivity contribution in [2.75, 3.05) is 0 Å². The molecule has 0 fully saturated rings. The van der Waals surface area contributed by atoms with Crippen molar-refractivity contribution < 1.29 is 13.9 Å². The summed E-state index contributed by atoms with van der Waals surface area (Å²) in [7, 11) is 1.88. The molecule has 0 N–H and O–H groups in total. The first kappa shape index (κ1) is 26.4. The highest BCUT2D eigenvalue weighted by molar-refractivity contribution is 5.81. The summed E-state index contributed by atoms with van der Waals surface area (Å²) in [6.07, 6.45) is 2.64. The number of rotatable bonds is 8. The van der Waals surface area contributed by atoms with Gasteiger partial charge in [0, 0.05) is 30.7 Å². The Morgan fingerprint density at radius 1 is 1.00 bits per heavy atom. The Hall–Kier alpha value is -4.26. The lowest BCUT2D eigenvalue weighted by atomic mass is 9.92. The van der Waals surface area contributed by atoms with E-state index in [2.05, 4.69) is 25.9 Å². The number of ketones is 1. The van der Waals surface area contributed by atoms with Gasteiger partial charge >= 0.3 is 0 Å². The highest BCUT2D eigenvalue weighted by atomic mass is 19.1. The van der Waals surface area contributed by atoms with E-state index in [0.717, 1.165) is 33.5 Å². The second-order valence-corrected chi connectivity index (χ2v) is 11.1. The summed E-state index contributed by atoms with van der Waals surface area (Å²) < 4.78 is 24.0. The fourth-order valence-electron chi connectivity index (χ4n) is 4.56. The number of benzene rings is 3. The lowest BCUT2D eigenvalue weighted by Crippen LogP contribution is -2.12. The van der Waals surface area contributed by atoms with Crippen molar-refractivity contribution in [2.45, 2.75) is 52.4 Å². The number of carbonyl (C=O) groups is 1. The smallest absolute Gasteiger partial charge is 0.139 e. The Balaban J connectivity index is 1.33. The van der Waals surface area contributed by atoms with Gasteiger partial charge in [-0.1, -0.05) is 38.5 Å². The summed E-state index contributed by atoms with van der Waals surface area (Å²) in [5, 5.41) is 10.1. The van der Waals surface area contributed by atoms with Crippen LogP contribution >= 0.6 is 0 Å². The van der Waals surface area contributed by atoms with Crippen molar-refractivity contribution in [3.63, 3.8) is 0 Å². The molecule has 7 heteroatoms. The summed E-state index contributed by atoms with van der Waals surface area (Å²) in [5.74, 6) is 0.856. The third-order valence-electron chi connectivity index (χ3n) is 6.85. The minimum Gasteiger partial charge on any atom is -0.457 e. The number of aryl methyl sites for hydroxylation is 3. The zero-order valence-corrected chi connectivity index (χ0v) is 23.0. The van der Waals surface area contributed by atoms with Gasteiger partial charge in [-0.25, -0.2) is 9.07 Å². The van der Waals surface area contributed by atoms with Gasteiger partial charge in [0.1, 0.15) is 23.1 Å². The van der Waals surface area contributed by atoms with Crippen LogP contribution in [0.1, 0.15) is 49.7 Å². The predicted molar refractivity (Wildman–Crippen MR) is 151 cm³/mol. The van der Waals surface area contributed by atoms with E-state index in [1.807, 2.05) is 67.2 Å². The molecule has 0 amide bonds. The molecule has 0 saturated carbocycles. The largest absolute Gasteiger partial charge is 0.457 e. The standard InChI is InChI=1S/C32H33FN4O2/c1-21-6-10-25(11-7-21)37-26(19-31(35-37)32(2,3)4)18-27(38)12-8-22-16-24(33)9-15-30(22)39-28-13-14-29-23(17-28)20-34-36(29)5/h6-7,9-11,13-17,19-20H,8,12,18H2,1-5H3. The number of fused-ring (bicyclic) bond motifs is 1. The lowest BCUT2D eigenvalue weighted by Gasteiger charge is -2.14. The number of hydrogen-bond donors (Lipinski definition) is 0. The van der Waals surface area contributed by atoms with E-state index in [0.29, 0.717) is 23.5 Å². The maximum Gasteiger partial charge on any atom is 0.139 e. The van der Waals surface area contributed by atoms with E-state index in [9.17, 15) is 9.18 Å². The van der Waals surface area contributed by atoms with E-state index >= 15 is 0 Å². The van der Waals surface area contributed by atoms with Crippen LogP contribution in [0.15, 0.2) is 72.9 Å². The maximum absolute atomic E-state index is 14.2. The molecule has 6 nitrogen and oxygen atoms in total. The zero-order valence-electron chi connectivity index (χ0n) is 23.0. The van der Waals surface area contributed by atoms with Crippen LogP contribution in [-0.2, 0) is 30.1 Å². The van der Waals surface area contributed by atoms with E-state index in [1.165, 1.54) is 12.1 Å². The van der Waals surface area contributed by atoms with Gasteiger partial charge in [0.05, 0.1) is 28.8 Å². The third-order valence-corrected chi connectivity index (χ3v) is 6.85. The number of nitrogens with zero attached hydrogens (tertiary/aromatic N) is 4. The van der Waals surface area contributed by atoms with Gasteiger partial charge in [0.15, 0.2) is 0 Å². The zero-order chi connectivity index (χ0) is 27.7. The van der Waals surface area contributed by atoms with E-state index in [4.69, 9.17) is 9.84 Å². The average molecular weight is 525 g/mol. The molecule has 5 rings (SSSR count). The van der Waals surface area contributed by atoms with Crippen LogP contribution in [0.5, 0.6) is 11.5 Å². The molecule has 0 saturated heterocycles. The van der Waals surface area contributed by atoms with Gasteiger partial charge in [-0.3, -0.25) is 9.48 Å². The molecule has 0 aliphatic carbocycles. The molecule has 0 bridgehead atoms. The van der Waals surface area contributed by atoms with Crippen LogP contribution in [-0.4, -0.2) is 25.3 Å². The van der Waals surface area contributed by atoms with Gasteiger partial charge in [-0.05, 0) is 73.5 Å².